The molecule has 0 aromatic heterocycles. The van der Waals surface area contributed by atoms with Gasteiger partial charge >= 0.3 is 5.97 Å². The van der Waals surface area contributed by atoms with E-state index in [1.165, 1.54) is 6.07 Å². The quantitative estimate of drug-likeness (QED) is 0.749. The van der Waals surface area contributed by atoms with Crippen molar-refractivity contribution >= 4 is 16.7 Å². The highest BCUT2D eigenvalue weighted by molar-refractivity contribution is 5.91. The van der Waals surface area contributed by atoms with Gasteiger partial charge in [0.15, 0.2) is 0 Å². The Labute approximate surface area is 115 Å². The normalized spacial score (nSPS) is 10.7. The fourth-order valence-corrected chi connectivity index (χ4v) is 2.28. The van der Waals surface area contributed by atoms with Gasteiger partial charge in [-0.3, -0.25) is 0 Å². The Morgan fingerprint density at radius 2 is 1.65 bits per heavy atom. The van der Waals surface area contributed by atoms with Crippen LogP contribution in [0.1, 0.15) is 10.4 Å². The monoisotopic (exact) mass is 266 g/mol. The van der Waals surface area contributed by atoms with Gasteiger partial charge in [0.2, 0.25) is 0 Å². The lowest BCUT2D eigenvalue weighted by atomic mass is 9.99. The zero-order valence-corrected chi connectivity index (χ0v) is 10.5. The van der Waals surface area contributed by atoms with E-state index in [4.69, 9.17) is 5.11 Å². The summed E-state index contributed by atoms with van der Waals surface area (Å²) in [6.45, 7) is 0. The van der Waals surface area contributed by atoms with Crippen LogP contribution in [-0.2, 0) is 0 Å². The molecule has 0 radical (unpaired) electrons. The Morgan fingerprint density at radius 1 is 0.900 bits per heavy atom. The van der Waals surface area contributed by atoms with E-state index in [-0.39, 0.29) is 5.56 Å². The van der Waals surface area contributed by atoms with E-state index in [0.717, 1.165) is 10.8 Å². The van der Waals surface area contributed by atoms with Crippen molar-refractivity contribution in [2.24, 2.45) is 0 Å². The summed E-state index contributed by atoms with van der Waals surface area (Å²) in [4.78, 5) is 11.0. The molecule has 0 saturated carbocycles. The van der Waals surface area contributed by atoms with Crippen molar-refractivity contribution in [3.63, 3.8) is 0 Å². The highest BCUT2D eigenvalue weighted by atomic mass is 19.1. The summed E-state index contributed by atoms with van der Waals surface area (Å²) in [5.41, 5.74) is 0.663. The van der Waals surface area contributed by atoms with Crippen molar-refractivity contribution in [2.75, 3.05) is 0 Å². The number of hydrogen-bond donors (Lipinski definition) is 1. The van der Waals surface area contributed by atoms with Crippen molar-refractivity contribution in [3.05, 3.63) is 72.0 Å². The average molecular weight is 266 g/mol. The third-order valence-corrected chi connectivity index (χ3v) is 3.29. The fourth-order valence-electron chi connectivity index (χ4n) is 2.28. The number of halogens is 1. The molecule has 0 unspecified atom stereocenters. The molecule has 0 bridgehead atoms. The molecule has 0 atom stereocenters. The molecule has 0 aliphatic rings. The van der Waals surface area contributed by atoms with Gasteiger partial charge in [-0.1, -0.05) is 48.5 Å². The Morgan fingerprint density at radius 3 is 2.40 bits per heavy atom. The summed E-state index contributed by atoms with van der Waals surface area (Å²) in [6.07, 6.45) is 0. The molecule has 0 aliphatic carbocycles. The first-order chi connectivity index (χ1) is 9.66. The highest BCUT2D eigenvalue weighted by Gasteiger charge is 2.14. The number of hydrogen-bond acceptors (Lipinski definition) is 1. The van der Waals surface area contributed by atoms with Crippen molar-refractivity contribution in [1.29, 1.82) is 0 Å². The standard InChI is InChI=1S/C17H11FO2/c18-16-14(6-3-7-15(16)17(19)20)13-9-8-11-4-1-2-5-12(11)10-13/h1-10H,(H,19,20). The molecule has 0 saturated heterocycles. The summed E-state index contributed by atoms with van der Waals surface area (Å²) in [7, 11) is 0. The maximum Gasteiger partial charge on any atom is 0.338 e. The van der Waals surface area contributed by atoms with E-state index >= 15 is 0 Å². The lowest BCUT2D eigenvalue weighted by molar-refractivity contribution is 0.0692. The first-order valence-corrected chi connectivity index (χ1v) is 6.18. The van der Waals surface area contributed by atoms with Gasteiger partial charge in [-0.15, -0.1) is 0 Å². The van der Waals surface area contributed by atoms with Crippen molar-refractivity contribution in [3.8, 4) is 11.1 Å². The summed E-state index contributed by atoms with van der Waals surface area (Å²) < 4.78 is 14.2. The predicted octanol–water partition coefficient (Wildman–Crippen LogP) is 4.34. The van der Waals surface area contributed by atoms with Gasteiger partial charge in [-0.05, 0) is 28.5 Å². The number of benzene rings is 3. The molecule has 3 heteroatoms. The maximum atomic E-state index is 14.2. The Balaban J connectivity index is 2.20. The molecule has 3 rings (SSSR count). The molecule has 0 heterocycles. The molecule has 20 heavy (non-hydrogen) atoms. The number of carboxylic acid groups (broad SMARTS) is 1. The number of fused-ring (bicyclic) bond motifs is 1. The minimum absolute atomic E-state index is 0.302. The highest BCUT2D eigenvalue weighted by Crippen LogP contribution is 2.28. The molecule has 3 aromatic rings. The Bertz CT molecular complexity index is 809. The Hall–Kier alpha value is -2.68. The van der Waals surface area contributed by atoms with Crippen LogP contribution in [0.3, 0.4) is 0 Å². The minimum atomic E-state index is -1.26. The molecule has 0 amide bonds. The number of aromatic carboxylic acids is 1. The molecular weight excluding hydrogens is 255 g/mol. The van der Waals surface area contributed by atoms with Gasteiger partial charge in [0.25, 0.3) is 0 Å². The van der Waals surface area contributed by atoms with Gasteiger partial charge < -0.3 is 5.11 Å². The van der Waals surface area contributed by atoms with E-state index < -0.39 is 11.8 Å². The summed E-state index contributed by atoms with van der Waals surface area (Å²) in [5.74, 6) is -1.96. The van der Waals surface area contributed by atoms with E-state index in [1.807, 2.05) is 36.4 Å². The lowest BCUT2D eigenvalue weighted by Gasteiger charge is -2.07. The number of rotatable bonds is 2. The second kappa shape index (κ2) is 4.78. The summed E-state index contributed by atoms with van der Waals surface area (Å²) in [6, 6.07) is 17.7. The zero-order chi connectivity index (χ0) is 14.1. The lowest BCUT2D eigenvalue weighted by Crippen LogP contribution is -2.01. The molecule has 0 aliphatic heterocycles. The van der Waals surface area contributed by atoms with Gasteiger partial charge in [0, 0.05) is 5.56 Å². The molecule has 1 N–H and O–H groups in total. The first-order valence-electron chi connectivity index (χ1n) is 6.18. The van der Waals surface area contributed by atoms with E-state index in [9.17, 15) is 9.18 Å². The largest absolute Gasteiger partial charge is 0.478 e. The van der Waals surface area contributed by atoms with Gasteiger partial charge in [0.05, 0.1) is 5.56 Å². The molecule has 0 spiro atoms. The third kappa shape index (κ3) is 2.03. The van der Waals surface area contributed by atoms with E-state index in [1.54, 1.807) is 18.2 Å². The number of carboxylic acids is 1. The molecule has 2 nitrogen and oxygen atoms in total. The second-order valence-corrected chi connectivity index (χ2v) is 4.53. The van der Waals surface area contributed by atoms with Crippen LogP contribution in [0, 0.1) is 5.82 Å². The molecule has 3 aromatic carbocycles. The molecule has 98 valence electrons. The summed E-state index contributed by atoms with van der Waals surface area (Å²) in [5, 5.41) is 11.0. The van der Waals surface area contributed by atoms with Crippen LogP contribution >= 0.6 is 0 Å². The second-order valence-electron chi connectivity index (χ2n) is 4.53. The van der Waals surface area contributed by atoms with Crippen molar-refractivity contribution in [1.82, 2.24) is 0 Å². The SMILES string of the molecule is O=C(O)c1cccc(-c2ccc3ccccc3c2)c1F. The van der Waals surface area contributed by atoms with Gasteiger partial charge in [0.1, 0.15) is 5.82 Å². The zero-order valence-electron chi connectivity index (χ0n) is 10.5. The summed E-state index contributed by atoms with van der Waals surface area (Å²) >= 11 is 0. The number of carbonyl (C=O) groups is 1. The van der Waals surface area contributed by atoms with E-state index in [0.29, 0.717) is 11.1 Å². The third-order valence-electron chi connectivity index (χ3n) is 3.29. The van der Waals surface area contributed by atoms with Crippen LogP contribution in [-0.4, -0.2) is 11.1 Å². The Kier molecular flexibility index (Phi) is 2.95. The van der Waals surface area contributed by atoms with E-state index in [2.05, 4.69) is 0 Å². The molecule has 0 fully saturated rings. The topological polar surface area (TPSA) is 37.3 Å². The fraction of sp³-hybridized carbons (Fsp3) is 0. The maximum absolute atomic E-state index is 14.2. The van der Waals surface area contributed by atoms with Crippen LogP contribution in [0.4, 0.5) is 4.39 Å². The van der Waals surface area contributed by atoms with Gasteiger partial charge in [-0.25, -0.2) is 9.18 Å². The van der Waals surface area contributed by atoms with Crippen LogP contribution in [0.2, 0.25) is 0 Å². The van der Waals surface area contributed by atoms with Crippen LogP contribution in [0.5, 0.6) is 0 Å². The average Bonchev–Trinajstić information content (AvgIpc) is 2.46. The van der Waals surface area contributed by atoms with Gasteiger partial charge in [-0.2, -0.15) is 0 Å². The van der Waals surface area contributed by atoms with Crippen LogP contribution in [0.25, 0.3) is 21.9 Å². The minimum Gasteiger partial charge on any atom is -0.478 e. The predicted molar refractivity (Wildman–Crippen MR) is 76.3 cm³/mol. The van der Waals surface area contributed by atoms with Crippen molar-refractivity contribution < 1.29 is 14.3 Å². The van der Waals surface area contributed by atoms with Crippen molar-refractivity contribution in [2.45, 2.75) is 0 Å². The van der Waals surface area contributed by atoms with Crippen LogP contribution in [0.15, 0.2) is 60.7 Å². The smallest absolute Gasteiger partial charge is 0.338 e. The molecular formula is C17H11FO2. The van der Waals surface area contributed by atoms with Crippen LogP contribution < -0.4 is 0 Å². The first kappa shape index (κ1) is 12.4.